The third-order valence-electron chi connectivity index (χ3n) is 6.63. The molecule has 0 saturated carbocycles. The lowest BCUT2D eigenvalue weighted by atomic mass is 10.1. The van der Waals surface area contributed by atoms with E-state index < -0.39 is 6.89 Å². The fourth-order valence-corrected chi connectivity index (χ4v) is 9.42. The van der Waals surface area contributed by atoms with Gasteiger partial charge < -0.3 is 0 Å². The molecule has 0 aliphatic carbocycles. The lowest BCUT2D eigenvalue weighted by molar-refractivity contribution is -0.112. The number of rotatable bonds is 5. The van der Waals surface area contributed by atoms with Crippen LogP contribution in [0, 0.1) is 0 Å². The van der Waals surface area contributed by atoms with E-state index in [1.54, 1.807) is 5.01 Å². The van der Waals surface area contributed by atoms with Crippen molar-refractivity contribution < 1.29 is 4.79 Å². The van der Waals surface area contributed by atoms with Gasteiger partial charge >= 0.3 is 0 Å². The molecule has 1 aliphatic heterocycles. The smallest absolute Gasteiger partial charge is 0.267 e. The van der Waals surface area contributed by atoms with Crippen LogP contribution in [0.3, 0.4) is 0 Å². The summed E-state index contributed by atoms with van der Waals surface area (Å²) in [4.78, 5) is 14.7. The highest BCUT2D eigenvalue weighted by atomic mass is 31.2. The molecule has 5 aromatic rings. The normalized spacial score (nSPS) is 13.5. The Kier molecular flexibility index (Phi) is 6.14. The van der Waals surface area contributed by atoms with Gasteiger partial charge in [0, 0.05) is 5.56 Å². The summed E-state index contributed by atoms with van der Waals surface area (Å²) in [7, 11) is 0. The first kappa shape index (κ1) is 23.0. The highest BCUT2D eigenvalue weighted by molar-refractivity contribution is 7.98. The number of carbonyl (C=O) groups excluding carboxylic acids is 1. The topological polar surface area (TPSA) is 32.7 Å². The van der Waals surface area contributed by atoms with E-state index >= 15 is 0 Å². The standard InChI is InChI=1S/C33H25N2OP/c36-33-32(31(26-16-6-1-7-17-26)34-35(33)27-18-8-2-9-19-27)37(28-20-10-3-11-21-28,29-22-12-4-13-23-29)30-24-14-5-15-25-30/h1-25H. The zero-order valence-corrected chi connectivity index (χ0v) is 21.1. The molecule has 0 saturated heterocycles. The number of hydrogen-bond acceptors (Lipinski definition) is 2. The molecule has 1 aliphatic rings. The van der Waals surface area contributed by atoms with E-state index in [4.69, 9.17) is 5.10 Å². The number of hydrazone groups is 1. The lowest BCUT2D eigenvalue weighted by Crippen LogP contribution is -2.38. The SMILES string of the molecule is O=C1C(=P(c2ccccc2)(c2ccccc2)c2ccccc2)C(c2ccccc2)=NN1c1ccccc1. The van der Waals surface area contributed by atoms with Gasteiger partial charge in [-0.2, -0.15) is 10.1 Å². The summed E-state index contributed by atoms with van der Waals surface area (Å²) in [6.45, 7) is -2.64. The summed E-state index contributed by atoms with van der Waals surface area (Å²) in [6, 6.07) is 51.1. The first-order chi connectivity index (χ1) is 18.3. The maximum Gasteiger partial charge on any atom is 0.282 e. The summed E-state index contributed by atoms with van der Waals surface area (Å²) in [6.07, 6.45) is 0. The van der Waals surface area contributed by atoms with Gasteiger partial charge in [-0.05, 0) is 34.9 Å². The van der Waals surface area contributed by atoms with Gasteiger partial charge in [0.2, 0.25) is 0 Å². The van der Waals surface area contributed by atoms with Gasteiger partial charge in [-0.3, -0.25) is 4.79 Å². The molecule has 0 bridgehead atoms. The van der Waals surface area contributed by atoms with Crippen LogP contribution < -0.4 is 20.9 Å². The summed E-state index contributed by atoms with van der Waals surface area (Å²) in [5.74, 6) is -0.0880. The van der Waals surface area contributed by atoms with Crippen molar-refractivity contribution in [3.8, 4) is 0 Å². The van der Waals surface area contributed by atoms with Crippen LogP contribution in [0.1, 0.15) is 5.56 Å². The monoisotopic (exact) mass is 496 g/mol. The quantitative estimate of drug-likeness (QED) is 0.292. The Hall–Kier alpha value is -4.46. The number of benzene rings is 5. The van der Waals surface area contributed by atoms with Crippen LogP contribution in [0.15, 0.2) is 157 Å². The summed E-state index contributed by atoms with van der Waals surface area (Å²) >= 11 is 0. The molecule has 178 valence electrons. The van der Waals surface area contributed by atoms with E-state index in [-0.39, 0.29) is 5.91 Å². The van der Waals surface area contributed by atoms with Crippen molar-refractivity contribution in [3.05, 3.63) is 157 Å². The van der Waals surface area contributed by atoms with Crippen LogP contribution in [0.4, 0.5) is 5.69 Å². The van der Waals surface area contributed by atoms with E-state index in [0.29, 0.717) is 0 Å². The molecule has 4 heteroatoms. The van der Waals surface area contributed by atoms with E-state index in [1.807, 2.05) is 78.9 Å². The van der Waals surface area contributed by atoms with Gasteiger partial charge in [0.1, 0.15) is 5.71 Å². The fraction of sp³-hybridized carbons (Fsp3) is 0. The van der Waals surface area contributed by atoms with Crippen LogP contribution in [0.25, 0.3) is 0 Å². The van der Waals surface area contributed by atoms with Gasteiger partial charge in [-0.15, -0.1) is 0 Å². The van der Waals surface area contributed by atoms with Crippen molar-refractivity contribution in [2.24, 2.45) is 5.10 Å². The predicted molar refractivity (Wildman–Crippen MR) is 157 cm³/mol. The largest absolute Gasteiger partial charge is 0.282 e. The third-order valence-corrected chi connectivity index (χ3v) is 10.9. The molecule has 1 heterocycles. The van der Waals surface area contributed by atoms with Crippen LogP contribution in [0.2, 0.25) is 0 Å². The Morgan fingerprint density at radius 1 is 0.486 bits per heavy atom. The van der Waals surface area contributed by atoms with E-state index in [2.05, 4.69) is 72.8 Å². The molecule has 0 fully saturated rings. The first-order valence-corrected chi connectivity index (χ1v) is 14.1. The van der Waals surface area contributed by atoms with Crippen molar-refractivity contribution in [3.63, 3.8) is 0 Å². The van der Waals surface area contributed by atoms with E-state index in [9.17, 15) is 4.79 Å². The molecule has 0 atom stereocenters. The van der Waals surface area contributed by atoms with Crippen LogP contribution in [-0.4, -0.2) is 16.9 Å². The number of hydrogen-bond donors (Lipinski definition) is 0. The average molecular weight is 497 g/mol. The Morgan fingerprint density at radius 3 is 1.30 bits per heavy atom. The van der Waals surface area contributed by atoms with Crippen molar-refractivity contribution in [2.75, 3.05) is 5.01 Å². The van der Waals surface area contributed by atoms with Crippen molar-refractivity contribution in [2.45, 2.75) is 0 Å². The third kappa shape index (κ3) is 3.94. The maximum atomic E-state index is 14.7. The first-order valence-electron chi connectivity index (χ1n) is 12.3. The molecule has 0 spiro atoms. The summed E-state index contributed by atoms with van der Waals surface area (Å²) in [5, 5.41) is 10.7. The van der Waals surface area contributed by atoms with Gasteiger partial charge in [0.25, 0.3) is 5.91 Å². The van der Waals surface area contributed by atoms with Gasteiger partial charge in [-0.25, -0.2) is 0 Å². The summed E-state index contributed by atoms with van der Waals surface area (Å²) < 4.78 is 0. The van der Waals surface area contributed by atoms with Crippen molar-refractivity contribution >= 4 is 45.4 Å². The van der Waals surface area contributed by atoms with Crippen LogP contribution in [-0.2, 0) is 4.79 Å². The zero-order valence-electron chi connectivity index (χ0n) is 20.2. The number of anilines is 1. The van der Waals surface area contributed by atoms with E-state index in [1.165, 1.54) is 0 Å². The van der Waals surface area contributed by atoms with Crippen LogP contribution in [0.5, 0.6) is 0 Å². The fourth-order valence-electron chi connectivity index (χ4n) is 5.02. The molecule has 37 heavy (non-hydrogen) atoms. The maximum absolute atomic E-state index is 14.7. The number of amides is 1. The second-order valence-corrected chi connectivity index (χ2v) is 12.1. The molecule has 0 aromatic heterocycles. The number of para-hydroxylation sites is 1. The Labute approximate surface area is 217 Å². The molecular weight excluding hydrogens is 471 g/mol. The zero-order chi connectivity index (χ0) is 25.1. The molecule has 0 N–H and O–H groups in total. The Bertz CT molecular complexity index is 1510. The minimum Gasteiger partial charge on any atom is -0.267 e. The number of nitrogens with zero attached hydrogens (tertiary/aromatic N) is 2. The Balaban J connectivity index is 1.81. The van der Waals surface area contributed by atoms with Gasteiger partial charge in [0.15, 0.2) is 0 Å². The molecule has 5 aromatic carbocycles. The molecule has 0 unspecified atom stereocenters. The minimum absolute atomic E-state index is 0.0880. The molecule has 1 amide bonds. The highest BCUT2D eigenvalue weighted by Crippen LogP contribution is 2.48. The predicted octanol–water partition coefficient (Wildman–Crippen LogP) is 5.60. The van der Waals surface area contributed by atoms with Crippen molar-refractivity contribution in [1.29, 1.82) is 0 Å². The second-order valence-electron chi connectivity index (χ2n) is 8.79. The molecule has 0 radical (unpaired) electrons. The average Bonchev–Trinajstić information content (AvgIpc) is 3.33. The molecule has 6 rings (SSSR count). The van der Waals surface area contributed by atoms with Gasteiger partial charge in [0.05, 0.1) is 11.0 Å². The lowest BCUT2D eigenvalue weighted by Gasteiger charge is -2.31. The van der Waals surface area contributed by atoms with E-state index in [0.717, 1.165) is 38.2 Å². The summed E-state index contributed by atoms with van der Waals surface area (Å²) in [5.41, 5.74) is 2.40. The minimum atomic E-state index is -2.64. The van der Waals surface area contributed by atoms with Crippen LogP contribution >= 0.6 is 6.89 Å². The van der Waals surface area contributed by atoms with Crippen molar-refractivity contribution in [1.82, 2.24) is 0 Å². The van der Waals surface area contributed by atoms with Gasteiger partial charge in [-0.1, -0.05) is 140 Å². The Morgan fingerprint density at radius 2 is 0.865 bits per heavy atom. The number of carbonyl (C=O) groups is 1. The second kappa shape index (κ2) is 9.89. The molecular formula is C33H25N2OP. The molecule has 3 nitrogen and oxygen atoms in total. The highest BCUT2D eigenvalue weighted by Gasteiger charge is 2.42.